The third kappa shape index (κ3) is 4.15. The summed E-state index contributed by atoms with van der Waals surface area (Å²) in [5, 5.41) is -0.337. The molecule has 1 saturated carbocycles. The molecule has 0 spiro atoms. The van der Waals surface area contributed by atoms with E-state index in [-0.39, 0.29) is 5.21 Å². The molecule has 1 fully saturated rings. The van der Waals surface area contributed by atoms with E-state index in [0.717, 1.165) is 18.8 Å². The predicted molar refractivity (Wildman–Crippen MR) is 58.8 cm³/mol. The van der Waals surface area contributed by atoms with E-state index in [1.807, 2.05) is 0 Å². The highest BCUT2D eigenvalue weighted by molar-refractivity contribution is 7.90. The minimum Gasteiger partial charge on any atom is -0.214 e. The van der Waals surface area contributed by atoms with Gasteiger partial charge in [-0.05, 0) is 24.7 Å². The summed E-state index contributed by atoms with van der Waals surface area (Å²) in [4.78, 5) is 0. The zero-order valence-electron chi connectivity index (χ0n) is 8.50. The number of hydrogen-bond acceptors (Lipinski definition) is 2. The molecule has 0 aliphatic heterocycles. The molecule has 0 aromatic carbocycles. The lowest BCUT2D eigenvalue weighted by atomic mass is 9.83. The van der Waals surface area contributed by atoms with Crippen molar-refractivity contribution in [3.05, 3.63) is 0 Å². The van der Waals surface area contributed by atoms with Crippen LogP contribution in [0.5, 0.6) is 0 Å². The lowest BCUT2D eigenvalue weighted by Crippen LogP contribution is -2.31. The van der Waals surface area contributed by atoms with Crippen LogP contribution < -0.4 is 4.72 Å². The van der Waals surface area contributed by atoms with E-state index in [4.69, 9.17) is 11.6 Å². The average molecular weight is 240 g/mol. The van der Waals surface area contributed by atoms with Crippen molar-refractivity contribution in [1.82, 2.24) is 4.72 Å². The zero-order chi connectivity index (χ0) is 10.6. The number of alkyl halides is 1. The Bertz CT molecular complexity index is 258. The Kier molecular flexibility index (Phi) is 4.67. The number of hydrogen-bond donors (Lipinski definition) is 1. The molecule has 0 bridgehead atoms. The maximum Gasteiger partial charge on any atom is 0.225 e. The fourth-order valence-corrected chi connectivity index (χ4v) is 2.61. The fourth-order valence-electron chi connectivity index (χ4n) is 1.82. The molecule has 1 aliphatic carbocycles. The fraction of sp³-hybridized carbons (Fsp3) is 1.00. The number of nitrogens with one attached hydrogen (secondary N) is 1. The Hall–Kier alpha value is 0.200. The molecule has 3 nitrogen and oxygen atoms in total. The van der Waals surface area contributed by atoms with Crippen molar-refractivity contribution < 1.29 is 8.42 Å². The molecule has 0 atom stereocenters. The summed E-state index contributed by atoms with van der Waals surface area (Å²) in [7, 11) is -3.22. The second kappa shape index (κ2) is 5.33. The third-order valence-electron chi connectivity index (χ3n) is 2.87. The van der Waals surface area contributed by atoms with Gasteiger partial charge in [0.1, 0.15) is 5.21 Å². The maximum atomic E-state index is 11.1. The lowest BCUT2D eigenvalue weighted by Gasteiger charge is -2.25. The minimum absolute atomic E-state index is 0.337. The molecule has 0 heterocycles. The highest BCUT2D eigenvalue weighted by Crippen LogP contribution is 2.27. The molecule has 0 radical (unpaired) electrons. The topological polar surface area (TPSA) is 46.2 Å². The van der Waals surface area contributed by atoms with Gasteiger partial charge in [0, 0.05) is 6.54 Å². The molecular weight excluding hydrogens is 222 g/mol. The van der Waals surface area contributed by atoms with Crippen LogP contribution in [-0.2, 0) is 10.0 Å². The molecule has 1 aliphatic rings. The van der Waals surface area contributed by atoms with Crippen LogP contribution in [0.1, 0.15) is 32.6 Å². The Balaban J connectivity index is 2.26. The van der Waals surface area contributed by atoms with Crippen molar-refractivity contribution in [3.63, 3.8) is 0 Å². The second-order valence-corrected chi connectivity index (χ2v) is 6.59. The van der Waals surface area contributed by atoms with Gasteiger partial charge in [-0.25, -0.2) is 13.1 Å². The Morgan fingerprint density at radius 1 is 1.29 bits per heavy atom. The van der Waals surface area contributed by atoms with Crippen LogP contribution in [0.15, 0.2) is 0 Å². The van der Waals surface area contributed by atoms with Gasteiger partial charge in [0.25, 0.3) is 0 Å². The van der Waals surface area contributed by atoms with Crippen LogP contribution in [-0.4, -0.2) is 20.2 Å². The van der Waals surface area contributed by atoms with Gasteiger partial charge in [-0.1, -0.05) is 19.8 Å². The lowest BCUT2D eigenvalue weighted by molar-refractivity contribution is 0.290. The van der Waals surface area contributed by atoms with E-state index in [1.54, 1.807) is 0 Å². The third-order valence-corrected chi connectivity index (χ3v) is 4.63. The Morgan fingerprint density at radius 3 is 2.36 bits per heavy atom. The molecular formula is C9H18ClNO2S. The summed E-state index contributed by atoms with van der Waals surface area (Å²) in [6.07, 6.45) is 4.69. The number of halogens is 1. The SMILES string of the molecule is CC1CCC(CNS(=O)(=O)CCl)CC1. The van der Waals surface area contributed by atoms with Gasteiger partial charge in [0.2, 0.25) is 10.0 Å². The van der Waals surface area contributed by atoms with Crippen LogP contribution in [0.25, 0.3) is 0 Å². The van der Waals surface area contributed by atoms with Gasteiger partial charge >= 0.3 is 0 Å². The van der Waals surface area contributed by atoms with Crippen molar-refractivity contribution >= 4 is 21.6 Å². The average Bonchev–Trinajstić information content (AvgIpc) is 2.17. The van der Waals surface area contributed by atoms with Crippen LogP contribution in [0, 0.1) is 11.8 Å². The zero-order valence-corrected chi connectivity index (χ0v) is 10.1. The number of sulfonamides is 1. The first kappa shape index (κ1) is 12.3. The molecule has 1 N–H and O–H groups in total. The normalized spacial score (nSPS) is 29.0. The first-order chi connectivity index (χ1) is 6.53. The molecule has 84 valence electrons. The molecule has 0 amide bonds. The highest BCUT2D eigenvalue weighted by atomic mass is 35.5. The second-order valence-electron chi connectivity index (χ2n) is 4.20. The highest BCUT2D eigenvalue weighted by Gasteiger charge is 2.19. The predicted octanol–water partition coefficient (Wildman–Crippen LogP) is 1.93. The minimum atomic E-state index is -3.22. The molecule has 14 heavy (non-hydrogen) atoms. The standard InChI is InChI=1S/C9H18ClNO2S/c1-8-2-4-9(5-3-8)6-11-14(12,13)7-10/h8-9,11H,2-7H2,1H3. The summed E-state index contributed by atoms with van der Waals surface area (Å²) in [5.74, 6) is 1.31. The summed E-state index contributed by atoms with van der Waals surface area (Å²) in [6.45, 7) is 2.81. The van der Waals surface area contributed by atoms with Crippen molar-refractivity contribution in [1.29, 1.82) is 0 Å². The van der Waals surface area contributed by atoms with Crippen LogP contribution in [0.3, 0.4) is 0 Å². The van der Waals surface area contributed by atoms with Crippen molar-refractivity contribution in [3.8, 4) is 0 Å². The van der Waals surface area contributed by atoms with E-state index in [0.29, 0.717) is 12.5 Å². The van der Waals surface area contributed by atoms with Gasteiger partial charge < -0.3 is 0 Å². The van der Waals surface area contributed by atoms with E-state index in [1.165, 1.54) is 12.8 Å². The summed E-state index contributed by atoms with van der Waals surface area (Å²) in [6, 6.07) is 0. The molecule has 0 saturated heterocycles. The molecule has 0 aromatic rings. The van der Waals surface area contributed by atoms with E-state index in [2.05, 4.69) is 11.6 Å². The van der Waals surface area contributed by atoms with Crippen molar-refractivity contribution in [2.45, 2.75) is 32.6 Å². The smallest absolute Gasteiger partial charge is 0.214 e. The molecule has 0 unspecified atom stereocenters. The Morgan fingerprint density at radius 2 is 1.86 bits per heavy atom. The van der Waals surface area contributed by atoms with Crippen molar-refractivity contribution in [2.24, 2.45) is 11.8 Å². The van der Waals surface area contributed by atoms with Crippen molar-refractivity contribution in [2.75, 3.05) is 11.8 Å². The van der Waals surface area contributed by atoms with Gasteiger partial charge in [-0.15, -0.1) is 11.6 Å². The van der Waals surface area contributed by atoms with Crippen LogP contribution in [0.4, 0.5) is 0 Å². The van der Waals surface area contributed by atoms with Crippen LogP contribution in [0.2, 0.25) is 0 Å². The Labute approximate surface area is 91.3 Å². The van der Waals surface area contributed by atoms with Gasteiger partial charge in [0.15, 0.2) is 0 Å². The van der Waals surface area contributed by atoms with E-state index in [9.17, 15) is 8.42 Å². The molecule has 5 heteroatoms. The van der Waals surface area contributed by atoms with E-state index < -0.39 is 10.0 Å². The van der Waals surface area contributed by atoms with Gasteiger partial charge in [0.05, 0.1) is 0 Å². The summed E-state index contributed by atoms with van der Waals surface area (Å²) in [5.41, 5.74) is 0. The number of rotatable bonds is 4. The quantitative estimate of drug-likeness (QED) is 0.762. The summed E-state index contributed by atoms with van der Waals surface area (Å²) >= 11 is 5.28. The molecule has 1 rings (SSSR count). The van der Waals surface area contributed by atoms with E-state index >= 15 is 0 Å². The maximum absolute atomic E-state index is 11.1. The monoisotopic (exact) mass is 239 g/mol. The van der Waals surface area contributed by atoms with Gasteiger partial charge in [-0.2, -0.15) is 0 Å². The summed E-state index contributed by atoms with van der Waals surface area (Å²) < 4.78 is 24.7. The van der Waals surface area contributed by atoms with Crippen LogP contribution >= 0.6 is 11.6 Å². The largest absolute Gasteiger partial charge is 0.225 e. The van der Waals surface area contributed by atoms with Gasteiger partial charge in [-0.3, -0.25) is 0 Å². The first-order valence-corrected chi connectivity index (χ1v) is 7.25. The first-order valence-electron chi connectivity index (χ1n) is 5.07. The molecule has 0 aromatic heterocycles.